The molecule has 4 heteroatoms. The number of carboxylic acids is 2. The second-order valence-corrected chi connectivity index (χ2v) is 1.39. The predicted octanol–water partition coefficient (Wildman–Crippen LogP) is 0.268. The Hall–Kier alpha value is -1.58. The van der Waals surface area contributed by atoms with Gasteiger partial charge in [0, 0.05) is 12.2 Å². The molecule has 0 amide bonds. The van der Waals surface area contributed by atoms with E-state index in [1.165, 1.54) is 0 Å². The number of hydrogen-bond acceptors (Lipinski definition) is 2. The van der Waals surface area contributed by atoms with Gasteiger partial charge in [-0.3, -0.25) is 0 Å². The van der Waals surface area contributed by atoms with E-state index in [0.717, 1.165) is 24.3 Å². The molecule has 0 aliphatic rings. The molecule has 0 atom stereocenters. The van der Waals surface area contributed by atoms with E-state index in [0.29, 0.717) is 0 Å². The van der Waals surface area contributed by atoms with Crippen molar-refractivity contribution in [3.63, 3.8) is 0 Å². The van der Waals surface area contributed by atoms with Crippen molar-refractivity contribution in [2.45, 2.75) is 0 Å². The van der Waals surface area contributed by atoms with Crippen LogP contribution in [0.3, 0.4) is 0 Å². The molecule has 2 N–H and O–H groups in total. The highest BCUT2D eigenvalue weighted by molar-refractivity contribution is 5.82. The van der Waals surface area contributed by atoms with Crippen LogP contribution in [0.25, 0.3) is 0 Å². The van der Waals surface area contributed by atoms with Crippen LogP contribution in [0.2, 0.25) is 0 Å². The number of carboxylic acid groups (broad SMARTS) is 2. The lowest BCUT2D eigenvalue weighted by Gasteiger charge is -1.75. The normalized spacial score (nSPS) is 10.8. The zero-order valence-electron chi connectivity index (χ0n) is 5.02. The van der Waals surface area contributed by atoms with Crippen LogP contribution in [-0.4, -0.2) is 22.2 Å². The van der Waals surface area contributed by atoms with Gasteiger partial charge in [-0.1, -0.05) is 12.2 Å². The fraction of sp³-hybridized carbons (Fsp3) is 0. The molecule has 4 nitrogen and oxygen atoms in total. The summed E-state index contributed by atoms with van der Waals surface area (Å²) in [5.41, 5.74) is 0. The minimum absolute atomic E-state index is 0.847. The first-order valence-corrected chi connectivity index (χ1v) is 2.43. The molecular formula is C6H6O4. The average Bonchev–Trinajstić information content (AvgIpc) is 1.79. The molecule has 0 radical (unpaired) electrons. The molecule has 0 aliphatic carbocycles. The Kier molecular flexibility index (Phi) is 3.63. The molecule has 0 aliphatic heterocycles. The topological polar surface area (TPSA) is 74.6 Å². The molecule has 10 heavy (non-hydrogen) atoms. The summed E-state index contributed by atoms with van der Waals surface area (Å²) >= 11 is 0. The smallest absolute Gasteiger partial charge is 0.328 e. The molecule has 0 aromatic rings. The average molecular weight is 142 g/mol. The Bertz CT molecular complexity index is 168. The van der Waals surface area contributed by atoms with E-state index in [-0.39, 0.29) is 0 Å². The second kappa shape index (κ2) is 4.31. The van der Waals surface area contributed by atoms with Crippen LogP contribution >= 0.6 is 0 Å². The van der Waals surface area contributed by atoms with Crippen molar-refractivity contribution < 1.29 is 19.8 Å². The number of carbonyl (C=O) groups is 2. The summed E-state index contributed by atoms with van der Waals surface area (Å²) in [7, 11) is 0. The highest BCUT2D eigenvalue weighted by atomic mass is 16.4. The van der Waals surface area contributed by atoms with Gasteiger partial charge in [-0.25, -0.2) is 9.59 Å². The summed E-state index contributed by atoms with van der Waals surface area (Å²) in [4.78, 5) is 19.6. The van der Waals surface area contributed by atoms with E-state index >= 15 is 0 Å². The standard InChI is InChI=1S/C6H6O4/c7-5(8)3-1-2-4-6(9)10/h1-4H,(H,7,8)(H,9,10)/b3-1+,4-2?. The number of rotatable bonds is 3. The van der Waals surface area contributed by atoms with Gasteiger partial charge in [-0.2, -0.15) is 0 Å². The number of hydrogen-bond donors (Lipinski definition) is 2. The van der Waals surface area contributed by atoms with Crippen molar-refractivity contribution in [2.24, 2.45) is 0 Å². The van der Waals surface area contributed by atoms with Crippen LogP contribution in [0, 0.1) is 0 Å². The highest BCUT2D eigenvalue weighted by Gasteiger charge is 1.83. The van der Waals surface area contributed by atoms with E-state index < -0.39 is 11.9 Å². The summed E-state index contributed by atoms with van der Waals surface area (Å²) in [5, 5.41) is 16.0. The Morgan fingerprint density at radius 3 is 1.40 bits per heavy atom. The first-order chi connectivity index (χ1) is 4.63. The zero-order chi connectivity index (χ0) is 7.98. The summed E-state index contributed by atoms with van der Waals surface area (Å²) in [6, 6.07) is 0. The van der Waals surface area contributed by atoms with Crippen LogP contribution in [0.1, 0.15) is 0 Å². The summed E-state index contributed by atoms with van der Waals surface area (Å²) < 4.78 is 0. The number of allylic oxidation sites excluding steroid dienone is 2. The van der Waals surface area contributed by atoms with Gasteiger partial charge in [-0.05, 0) is 0 Å². The fourth-order valence-electron chi connectivity index (χ4n) is 0.276. The van der Waals surface area contributed by atoms with E-state index in [2.05, 4.69) is 0 Å². The fourth-order valence-corrected chi connectivity index (χ4v) is 0.276. The van der Waals surface area contributed by atoms with Gasteiger partial charge in [0.25, 0.3) is 0 Å². The van der Waals surface area contributed by atoms with Gasteiger partial charge in [0.2, 0.25) is 0 Å². The molecular weight excluding hydrogens is 136 g/mol. The lowest BCUT2D eigenvalue weighted by atomic mass is 10.4. The molecule has 0 aromatic heterocycles. The molecule has 0 bridgehead atoms. The molecule has 0 aromatic carbocycles. The summed E-state index contributed by atoms with van der Waals surface area (Å²) in [5.74, 6) is -2.20. The van der Waals surface area contributed by atoms with Crippen molar-refractivity contribution in [1.82, 2.24) is 0 Å². The van der Waals surface area contributed by atoms with Crippen molar-refractivity contribution in [3.8, 4) is 0 Å². The van der Waals surface area contributed by atoms with E-state index in [4.69, 9.17) is 10.2 Å². The predicted molar refractivity (Wildman–Crippen MR) is 33.6 cm³/mol. The molecule has 54 valence electrons. The van der Waals surface area contributed by atoms with Gasteiger partial charge in [0.15, 0.2) is 0 Å². The van der Waals surface area contributed by atoms with Gasteiger partial charge in [0.1, 0.15) is 0 Å². The molecule has 0 saturated heterocycles. The maximum absolute atomic E-state index is 9.78. The monoisotopic (exact) mass is 142 g/mol. The second-order valence-electron chi connectivity index (χ2n) is 1.39. The third-order valence-corrected chi connectivity index (χ3v) is 0.589. The Morgan fingerprint density at radius 1 is 0.900 bits per heavy atom. The summed E-state index contributed by atoms with van der Waals surface area (Å²) in [6.45, 7) is 0. The highest BCUT2D eigenvalue weighted by Crippen LogP contribution is 1.76. The maximum Gasteiger partial charge on any atom is 0.328 e. The lowest BCUT2D eigenvalue weighted by Crippen LogP contribution is -1.86. The molecule has 0 saturated carbocycles. The van der Waals surface area contributed by atoms with E-state index in [1.54, 1.807) is 0 Å². The maximum atomic E-state index is 9.78. The minimum atomic E-state index is -1.10. The third-order valence-electron chi connectivity index (χ3n) is 0.589. The molecule has 0 rings (SSSR count). The lowest BCUT2D eigenvalue weighted by molar-refractivity contribution is -0.132. The van der Waals surface area contributed by atoms with Crippen molar-refractivity contribution >= 4 is 11.9 Å². The Morgan fingerprint density at radius 2 is 1.20 bits per heavy atom. The van der Waals surface area contributed by atoms with Crippen LogP contribution < -0.4 is 0 Å². The first kappa shape index (κ1) is 8.42. The van der Waals surface area contributed by atoms with Crippen LogP contribution in [0.5, 0.6) is 0 Å². The van der Waals surface area contributed by atoms with E-state index in [9.17, 15) is 9.59 Å². The first-order valence-electron chi connectivity index (χ1n) is 2.43. The molecule has 0 spiro atoms. The van der Waals surface area contributed by atoms with Crippen molar-refractivity contribution in [2.75, 3.05) is 0 Å². The van der Waals surface area contributed by atoms with Crippen molar-refractivity contribution in [1.29, 1.82) is 0 Å². The summed E-state index contributed by atoms with van der Waals surface area (Å²) in [6.07, 6.45) is 3.96. The van der Waals surface area contributed by atoms with Crippen LogP contribution in [0.4, 0.5) is 0 Å². The number of aliphatic carboxylic acids is 2. The SMILES string of the molecule is O=C(O)C=C/C=C/C(=O)O. The van der Waals surface area contributed by atoms with Gasteiger partial charge in [-0.15, -0.1) is 0 Å². The molecule has 0 heterocycles. The molecule has 0 fully saturated rings. The minimum Gasteiger partial charge on any atom is -0.478 e. The molecule has 0 unspecified atom stereocenters. The van der Waals surface area contributed by atoms with Gasteiger partial charge in [0.05, 0.1) is 0 Å². The Balaban J connectivity index is 3.73. The largest absolute Gasteiger partial charge is 0.478 e. The van der Waals surface area contributed by atoms with Crippen molar-refractivity contribution in [3.05, 3.63) is 24.3 Å². The van der Waals surface area contributed by atoms with Gasteiger partial charge >= 0.3 is 11.9 Å². The Labute approximate surface area is 57.1 Å². The van der Waals surface area contributed by atoms with Crippen LogP contribution in [-0.2, 0) is 9.59 Å². The van der Waals surface area contributed by atoms with E-state index in [1.807, 2.05) is 0 Å². The third kappa shape index (κ3) is 6.42. The van der Waals surface area contributed by atoms with Crippen LogP contribution in [0.15, 0.2) is 24.3 Å². The zero-order valence-corrected chi connectivity index (χ0v) is 5.02. The quantitative estimate of drug-likeness (QED) is 0.438. The van der Waals surface area contributed by atoms with Gasteiger partial charge < -0.3 is 10.2 Å².